The van der Waals surface area contributed by atoms with Crippen molar-refractivity contribution in [3.05, 3.63) is 46.3 Å². The molecule has 26 heavy (non-hydrogen) atoms. The van der Waals surface area contributed by atoms with E-state index < -0.39 is 17.8 Å². The number of hydrogen-bond donors (Lipinski definition) is 1. The van der Waals surface area contributed by atoms with Crippen LogP contribution < -0.4 is 10.1 Å². The van der Waals surface area contributed by atoms with Crippen LogP contribution in [0.3, 0.4) is 0 Å². The fourth-order valence-corrected chi connectivity index (χ4v) is 2.71. The van der Waals surface area contributed by atoms with Crippen LogP contribution in [0.15, 0.2) is 29.6 Å². The minimum absolute atomic E-state index is 0.0795. The van der Waals surface area contributed by atoms with Crippen LogP contribution >= 0.6 is 11.3 Å². The molecule has 8 nitrogen and oxygen atoms in total. The Bertz CT molecular complexity index is 849. The smallest absolute Gasteiger partial charge is 0.338 e. The Morgan fingerprint density at radius 2 is 1.73 bits per heavy atom. The molecule has 0 aliphatic rings. The number of amides is 1. The van der Waals surface area contributed by atoms with Crippen molar-refractivity contribution < 1.29 is 28.6 Å². The van der Waals surface area contributed by atoms with Gasteiger partial charge in [-0.15, -0.1) is 11.3 Å². The summed E-state index contributed by atoms with van der Waals surface area (Å²) in [5.41, 5.74) is 0.510. The zero-order chi connectivity index (χ0) is 19.1. The van der Waals surface area contributed by atoms with Crippen LogP contribution in [0, 0.1) is 11.3 Å². The van der Waals surface area contributed by atoms with Crippen LogP contribution in [0.4, 0.5) is 5.00 Å². The number of rotatable bonds is 6. The number of benzene rings is 1. The molecule has 0 unspecified atom stereocenters. The van der Waals surface area contributed by atoms with Gasteiger partial charge in [0.25, 0.3) is 5.91 Å². The number of nitrogens with one attached hydrogen (secondary N) is 1. The van der Waals surface area contributed by atoms with Crippen LogP contribution in [0.1, 0.15) is 26.3 Å². The van der Waals surface area contributed by atoms with Crippen molar-refractivity contribution in [1.29, 1.82) is 5.26 Å². The van der Waals surface area contributed by atoms with Gasteiger partial charge in [-0.25, -0.2) is 9.59 Å². The molecule has 1 N–H and O–H groups in total. The molecule has 1 aromatic carbocycles. The molecule has 9 heteroatoms. The Morgan fingerprint density at radius 3 is 2.27 bits per heavy atom. The molecule has 134 valence electrons. The van der Waals surface area contributed by atoms with Crippen molar-refractivity contribution in [2.75, 3.05) is 26.1 Å². The van der Waals surface area contributed by atoms with Gasteiger partial charge in [0.1, 0.15) is 16.8 Å². The number of carbonyl (C=O) groups excluding carboxylic acids is 3. The van der Waals surface area contributed by atoms with E-state index in [9.17, 15) is 14.4 Å². The largest absolute Gasteiger partial charge is 0.484 e. The molecule has 1 amide bonds. The summed E-state index contributed by atoms with van der Waals surface area (Å²) in [6.45, 7) is -0.381. The number of carbonyl (C=O) groups is 3. The summed E-state index contributed by atoms with van der Waals surface area (Å²) < 4.78 is 14.6. The Balaban J connectivity index is 2.12. The van der Waals surface area contributed by atoms with Crippen molar-refractivity contribution in [3.63, 3.8) is 0 Å². The van der Waals surface area contributed by atoms with Gasteiger partial charge in [-0.3, -0.25) is 4.79 Å². The second-order valence-corrected chi connectivity index (χ2v) is 5.76. The number of anilines is 1. The molecular weight excluding hydrogens is 360 g/mol. The van der Waals surface area contributed by atoms with Gasteiger partial charge in [-0.1, -0.05) is 0 Å². The predicted octanol–water partition coefficient (Wildman–Crippen LogP) is 2.21. The molecule has 2 aromatic rings. The average Bonchev–Trinajstić information content (AvgIpc) is 3.11. The van der Waals surface area contributed by atoms with Crippen molar-refractivity contribution in [2.45, 2.75) is 0 Å². The van der Waals surface area contributed by atoms with E-state index in [4.69, 9.17) is 10.00 Å². The Kier molecular flexibility index (Phi) is 6.30. The maximum Gasteiger partial charge on any atom is 0.338 e. The zero-order valence-corrected chi connectivity index (χ0v) is 14.7. The van der Waals surface area contributed by atoms with Crippen LogP contribution in [0.25, 0.3) is 0 Å². The van der Waals surface area contributed by atoms with Gasteiger partial charge in [0.2, 0.25) is 0 Å². The SMILES string of the molecule is COC(=O)c1cc(OCC(=O)Nc2sccc2C#N)cc(C(=O)OC)c1. The predicted molar refractivity (Wildman–Crippen MR) is 92.3 cm³/mol. The maximum absolute atomic E-state index is 12.0. The maximum atomic E-state index is 12.0. The lowest BCUT2D eigenvalue weighted by Crippen LogP contribution is -2.20. The number of esters is 2. The van der Waals surface area contributed by atoms with E-state index in [1.165, 1.54) is 43.8 Å². The van der Waals surface area contributed by atoms with Crippen molar-refractivity contribution >= 4 is 34.2 Å². The zero-order valence-electron chi connectivity index (χ0n) is 13.9. The molecule has 0 saturated heterocycles. The fraction of sp³-hybridized carbons (Fsp3) is 0.176. The number of nitrogens with zero attached hydrogens (tertiary/aromatic N) is 1. The summed E-state index contributed by atoms with van der Waals surface area (Å²) in [7, 11) is 2.41. The van der Waals surface area contributed by atoms with Gasteiger partial charge in [0.05, 0.1) is 30.9 Å². The Labute approximate surface area is 152 Å². The third kappa shape index (κ3) is 4.58. The first-order valence-corrected chi connectivity index (χ1v) is 8.08. The topological polar surface area (TPSA) is 115 Å². The third-order valence-electron chi connectivity index (χ3n) is 3.16. The van der Waals surface area contributed by atoms with E-state index in [0.717, 1.165) is 0 Å². The monoisotopic (exact) mass is 374 g/mol. The normalized spacial score (nSPS) is 9.73. The summed E-state index contributed by atoms with van der Waals surface area (Å²) in [6.07, 6.45) is 0. The lowest BCUT2D eigenvalue weighted by atomic mass is 10.1. The molecule has 0 bridgehead atoms. The van der Waals surface area contributed by atoms with Crippen LogP contribution in [-0.2, 0) is 14.3 Å². The van der Waals surface area contributed by atoms with Gasteiger partial charge in [-0.2, -0.15) is 5.26 Å². The highest BCUT2D eigenvalue weighted by atomic mass is 32.1. The second kappa shape index (κ2) is 8.64. The first-order chi connectivity index (χ1) is 12.5. The van der Waals surface area contributed by atoms with E-state index in [-0.39, 0.29) is 23.5 Å². The first-order valence-electron chi connectivity index (χ1n) is 7.20. The Hall–Kier alpha value is -3.38. The molecule has 0 radical (unpaired) electrons. The van der Waals surface area contributed by atoms with E-state index in [0.29, 0.717) is 10.6 Å². The van der Waals surface area contributed by atoms with E-state index in [1.54, 1.807) is 11.4 Å². The highest BCUT2D eigenvalue weighted by molar-refractivity contribution is 7.14. The van der Waals surface area contributed by atoms with E-state index in [2.05, 4.69) is 14.8 Å². The molecule has 0 fully saturated rings. The van der Waals surface area contributed by atoms with Crippen molar-refractivity contribution in [1.82, 2.24) is 0 Å². The quantitative estimate of drug-likeness (QED) is 0.771. The van der Waals surface area contributed by atoms with Crippen LogP contribution in [0.5, 0.6) is 5.75 Å². The number of methoxy groups -OCH3 is 2. The van der Waals surface area contributed by atoms with Gasteiger partial charge >= 0.3 is 11.9 Å². The highest BCUT2D eigenvalue weighted by Crippen LogP contribution is 2.22. The minimum atomic E-state index is -0.665. The molecule has 0 aliphatic heterocycles. The van der Waals surface area contributed by atoms with E-state index >= 15 is 0 Å². The number of nitriles is 1. The molecule has 1 aromatic heterocycles. The number of hydrogen-bond acceptors (Lipinski definition) is 8. The van der Waals surface area contributed by atoms with Gasteiger partial charge < -0.3 is 19.5 Å². The van der Waals surface area contributed by atoms with Crippen LogP contribution in [0.2, 0.25) is 0 Å². The Morgan fingerprint density at radius 1 is 1.12 bits per heavy atom. The lowest BCUT2D eigenvalue weighted by molar-refractivity contribution is -0.118. The molecule has 0 saturated carbocycles. The summed E-state index contributed by atoms with van der Waals surface area (Å²) in [5, 5.41) is 13.6. The second-order valence-electron chi connectivity index (χ2n) is 4.84. The number of thiophene rings is 1. The molecule has 2 rings (SSSR count). The standard InChI is InChI=1S/C17H14N2O6S/c1-23-16(21)11-5-12(17(22)24-2)7-13(6-11)25-9-14(20)19-15-10(8-18)3-4-26-15/h3-7H,9H2,1-2H3,(H,19,20). The molecule has 0 atom stereocenters. The first kappa shape index (κ1) is 19.0. The molecule has 0 aliphatic carbocycles. The van der Waals surface area contributed by atoms with Crippen molar-refractivity contribution in [2.24, 2.45) is 0 Å². The third-order valence-corrected chi connectivity index (χ3v) is 3.99. The van der Waals surface area contributed by atoms with Gasteiger partial charge in [0, 0.05) is 0 Å². The number of ether oxygens (including phenoxy) is 3. The fourth-order valence-electron chi connectivity index (χ4n) is 1.96. The van der Waals surface area contributed by atoms with Crippen molar-refractivity contribution in [3.8, 4) is 11.8 Å². The summed E-state index contributed by atoms with van der Waals surface area (Å²) in [4.78, 5) is 35.4. The minimum Gasteiger partial charge on any atom is -0.484 e. The average molecular weight is 374 g/mol. The molecular formula is C17H14N2O6S. The summed E-state index contributed by atoms with van der Waals surface area (Å²) in [6, 6.07) is 7.54. The van der Waals surface area contributed by atoms with E-state index in [1.807, 2.05) is 6.07 Å². The summed E-state index contributed by atoms with van der Waals surface area (Å²) in [5.74, 6) is -1.70. The highest BCUT2D eigenvalue weighted by Gasteiger charge is 2.15. The van der Waals surface area contributed by atoms with Gasteiger partial charge in [-0.05, 0) is 29.6 Å². The van der Waals surface area contributed by atoms with Gasteiger partial charge in [0.15, 0.2) is 6.61 Å². The van der Waals surface area contributed by atoms with Crippen LogP contribution in [-0.4, -0.2) is 38.7 Å². The summed E-state index contributed by atoms with van der Waals surface area (Å²) >= 11 is 1.21. The molecule has 1 heterocycles. The molecule has 0 spiro atoms. The lowest BCUT2D eigenvalue weighted by Gasteiger charge is -2.10.